The maximum absolute atomic E-state index is 2.28. The minimum atomic E-state index is 1.20. The molecule has 0 aromatic heterocycles. The zero-order valence-electron chi connectivity index (χ0n) is 14.8. The van der Waals surface area contributed by atoms with Gasteiger partial charge in [0.2, 0.25) is 0 Å². The second-order valence-corrected chi connectivity index (χ2v) is 6.33. The molecule has 0 bridgehead atoms. The Kier molecular flexibility index (Phi) is 4.53. The molecule has 26 heavy (non-hydrogen) atoms. The van der Waals surface area contributed by atoms with Crippen molar-refractivity contribution in [3.63, 3.8) is 0 Å². The summed E-state index contributed by atoms with van der Waals surface area (Å²) in [6.07, 6.45) is 0. The molecule has 1 heteroatoms. The summed E-state index contributed by atoms with van der Waals surface area (Å²) in [4.78, 5) is 2.28. The largest absolute Gasteiger partial charge is 0.344 e. The van der Waals surface area contributed by atoms with Gasteiger partial charge in [-0.3, -0.25) is 0 Å². The van der Waals surface area contributed by atoms with Crippen LogP contribution in [0.25, 0.3) is 22.3 Å². The van der Waals surface area contributed by atoms with Crippen molar-refractivity contribution < 1.29 is 0 Å². The average Bonchev–Trinajstić information content (AvgIpc) is 2.74. The van der Waals surface area contributed by atoms with Crippen molar-refractivity contribution in [3.8, 4) is 22.3 Å². The van der Waals surface area contributed by atoms with Crippen molar-refractivity contribution in [1.82, 2.24) is 0 Å². The van der Waals surface area contributed by atoms with Gasteiger partial charge < -0.3 is 4.90 Å². The molecule has 0 aliphatic rings. The lowest BCUT2D eigenvalue weighted by molar-refractivity contribution is 1.21. The molecule has 0 amide bonds. The van der Waals surface area contributed by atoms with Crippen LogP contribution in [0.1, 0.15) is 0 Å². The number of benzene rings is 4. The predicted octanol–water partition coefficient (Wildman–Crippen LogP) is 6.79. The van der Waals surface area contributed by atoms with Crippen molar-refractivity contribution in [2.45, 2.75) is 0 Å². The van der Waals surface area contributed by atoms with Gasteiger partial charge in [-0.2, -0.15) is 0 Å². The Morgan fingerprint density at radius 3 is 1.19 bits per heavy atom. The minimum absolute atomic E-state index is 1.20. The molecule has 4 aromatic rings. The average molecular weight is 335 g/mol. The van der Waals surface area contributed by atoms with Crippen LogP contribution in [0.5, 0.6) is 0 Å². The maximum atomic E-state index is 2.28. The standard InChI is InChI=1S/C25H21N/c1-26(24-18-10-8-16-22(24)20-12-4-2-5-13-20)25-19-11-9-17-23(25)21-14-6-3-7-15-21/h2-19H,1H3. The highest BCUT2D eigenvalue weighted by atomic mass is 15.1. The van der Waals surface area contributed by atoms with Gasteiger partial charge >= 0.3 is 0 Å². The summed E-state index contributed by atoms with van der Waals surface area (Å²) in [5, 5.41) is 0. The zero-order chi connectivity index (χ0) is 17.8. The number of hydrogen-bond donors (Lipinski definition) is 0. The first-order chi connectivity index (χ1) is 12.8. The Morgan fingerprint density at radius 1 is 0.423 bits per heavy atom. The van der Waals surface area contributed by atoms with Crippen LogP contribution >= 0.6 is 0 Å². The molecule has 126 valence electrons. The molecule has 4 aromatic carbocycles. The number of rotatable bonds is 4. The van der Waals surface area contributed by atoms with Gasteiger partial charge in [-0.05, 0) is 23.3 Å². The number of hydrogen-bond acceptors (Lipinski definition) is 1. The molecule has 0 aliphatic carbocycles. The molecule has 0 radical (unpaired) electrons. The maximum Gasteiger partial charge on any atom is 0.0487 e. The third-order valence-corrected chi connectivity index (χ3v) is 4.70. The first kappa shape index (κ1) is 16.2. The van der Waals surface area contributed by atoms with E-state index in [1.165, 1.54) is 33.6 Å². The number of para-hydroxylation sites is 2. The van der Waals surface area contributed by atoms with E-state index in [2.05, 4.69) is 121 Å². The van der Waals surface area contributed by atoms with E-state index in [1.807, 2.05) is 0 Å². The van der Waals surface area contributed by atoms with E-state index in [1.54, 1.807) is 0 Å². The second-order valence-electron chi connectivity index (χ2n) is 6.33. The lowest BCUT2D eigenvalue weighted by atomic mass is 10.00. The highest BCUT2D eigenvalue weighted by Gasteiger charge is 2.14. The van der Waals surface area contributed by atoms with Crippen LogP contribution in [-0.2, 0) is 0 Å². The Balaban J connectivity index is 1.83. The van der Waals surface area contributed by atoms with Gasteiger partial charge in [-0.1, -0.05) is 97.1 Å². The van der Waals surface area contributed by atoms with Gasteiger partial charge in [-0.15, -0.1) is 0 Å². The fraction of sp³-hybridized carbons (Fsp3) is 0.0400. The third kappa shape index (κ3) is 3.12. The van der Waals surface area contributed by atoms with Crippen molar-refractivity contribution >= 4 is 11.4 Å². The van der Waals surface area contributed by atoms with Crippen LogP contribution in [-0.4, -0.2) is 7.05 Å². The molecule has 0 saturated carbocycles. The Bertz CT molecular complexity index is 908. The highest BCUT2D eigenvalue weighted by Crippen LogP contribution is 2.38. The summed E-state index contributed by atoms with van der Waals surface area (Å²) in [5.74, 6) is 0. The zero-order valence-corrected chi connectivity index (χ0v) is 14.8. The monoisotopic (exact) mass is 335 g/mol. The van der Waals surface area contributed by atoms with Gasteiger partial charge in [0.1, 0.15) is 0 Å². The van der Waals surface area contributed by atoms with Crippen LogP contribution < -0.4 is 4.90 Å². The van der Waals surface area contributed by atoms with E-state index in [0.717, 1.165) is 0 Å². The highest BCUT2D eigenvalue weighted by molar-refractivity contribution is 5.87. The molecule has 4 rings (SSSR count). The van der Waals surface area contributed by atoms with E-state index >= 15 is 0 Å². The van der Waals surface area contributed by atoms with E-state index in [0.29, 0.717) is 0 Å². The fourth-order valence-electron chi connectivity index (χ4n) is 3.39. The van der Waals surface area contributed by atoms with Crippen molar-refractivity contribution in [2.75, 3.05) is 11.9 Å². The van der Waals surface area contributed by atoms with Crippen LogP contribution in [0, 0.1) is 0 Å². The summed E-state index contributed by atoms with van der Waals surface area (Å²) in [6, 6.07) is 38.3. The van der Waals surface area contributed by atoms with Crippen LogP contribution in [0.4, 0.5) is 11.4 Å². The van der Waals surface area contributed by atoms with Crippen molar-refractivity contribution in [2.24, 2.45) is 0 Å². The molecular formula is C25H21N. The molecular weight excluding hydrogens is 314 g/mol. The molecule has 0 unspecified atom stereocenters. The van der Waals surface area contributed by atoms with E-state index in [-0.39, 0.29) is 0 Å². The molecule has 0 N–H and O–H groups in total. The summed E-state index contributed by atoms with van der Waals surface area (Å²) in [5.41, 5.74) is 7.32. The summed E-state index contributed by atoms with van der Waals surface area (Å²) < 4.78 is 0. The molecule has 0 aliphatic heterocycles. The van der Waals surface area contributed by atoms with E-state index < -0.39 is 0 Å². The van der Waals surface area contributed by atoms with E-state index in [4.69, 9.17) is 0 Å². The molecule has 0 spiro atoms. The van der Waals surface area contributed by atoms with Crippen LogP contribution in [0.3, 0.4) is 0 Å². The Hall–Kier alpha value is -3.32. The lowest BCUT2D eigenvalue weighted by Crippen LogP contribution is -2.11. The predicted molar refractivity (Wildman–Crippen MR) is 112 cm³/mol. The van der Waals surface area contributed by atoms with Gasteiger partial charge in [0, 0.05) is 29.5 Å². The summed E-state index contributed by atoms with van der Waals surface area (Å²) >= 11 is 0. The number of anilines is 2. The van der Waals surface area contributed by atoms with Gasteiger partial charge in [-0.25, -0.2) is 0 Å². The van der Waals surface area contributed by atoms with Gasteiger partial charge in [0.05, 0.1) is 0 Å². The second kappa shape index (κ2) is 7.28. The van der Waals surface area contributed by atoms with Crippen LogP contribution in [0.15, 0.2) is 109 Å². The Morgan fingerprint density at radius 2 is 0.769 bits per heavy atom. The van der Waals surface area contributed by atoms with Gasteiger partial charge in [0.25, 0.3) is 0 Å². The summed E-state index contributed by atoms with van der Waals surface area (Å²) in [7, 11) is 2.14. The minimum Gasteiger partial charge on any atom is -0.344 e. The SMILES string of the molecule is CN(c1ccccc1-c1ccccc1)c1ccccc1-c1ccccc1. The normalized spacial score (nSPS) is 10.5. The first-order valence-electron chi connectivity index (χ1n) is 8.87. The summed E-state index contributed by atoms with van der Waals surface area (Å²) in [6.45, 7) is 0. The molecule has 1 nitrogen and oxygen atoms in total. The fourth-order valence-corrected chi connectivity index (χ4v) is 3.39. The third-order valence-electron chi connectivity index (χ3n) is 4.70. The molecule has 0 saturated heterocycles. The van der Waals surface area contributed by atoms with Crippen molar-refractivity contribution in [1.29, 1.82) is 0 Å². The molecule has 0 fully saturated rings. The first-order valence-corrected chi connectivity index (χ1v) is 8.87. The topological polar surface area (TPSA) is 3.24 Å². The Labute approximate surface area is 155 Å². The van der Waals surface area contributed by atoms with E-state index in [9.17, 15) is 0 Å². The smallest absolute Gasteiger partial charge is 0.0487 e. The molecule has 0 heterocycles. The van der Waals surface area contributed by atoms with Gasteiger partial charge in [0.15, 0.2) is 0 Å². The quantitative estimate of drug-likeness (QED) is 0.397. The molecule has 0 atom stereocenters. The van der Waals surface area contributed by atoms with Crippen LogP contribution in [0.2, 0.25) is 0 Å². The lowest BCUT2D eigenvalue weighted by Gasteiger charge is -2.25. The number of nitrogens with zero attached hydrogens (tertiary/aromatic N) is 1. The van der Waals surface area contributed by atoms with Crippen molar-refractivity contribution in [3.05, 3.63) is 109 Å².